The van der Waals surface area contributed by atoms with Gasteiger partial charge in [0.2, 0.25) is 0 Å². The maximum atomic E-state index is 5.77. The van der Waals surface area contributed by atoms with E-state index >= 15 is 0 Å². The first kappa shape index (κ1) is 13.2. The van der Waals surface area contributed by atoms with Crippen molar-refractivity contribution in [3.8, 4) is 11.5 Å². The zero-order valence-corrected chi connectivity index (χ0v) is 11.4. The highest BCUT2D eigenvalue weighted by Gasteiger charge is 2.10. The van der Waals surface area contributed by atoms with Crippen LogP contribution < -0.4 is 15.2 Å². The maximum absolute atomic E-state index is 5.77. The molecule has 2 rings (SSSR count). The monoisotopic (exact) mass is 262 g/mol. The summed E-state index contributed by atoms with van der Waals surface area (Å²) in [7, 11) is 3.23. The van der Waals surface area contributed by atoms with Crippen molar-refractivity contribution in [1.29, 1.82) is 0 Å². The van der Waals surface area contributed by atoms with Crippen LogP contribution >= 0.6 is 0 Å². The Bertz CT molecular complexity index is 566. The summed E-state index contributed by atoms with van der Waals surface area (Å²) in [5, 5.41) is 7.94. The standard InChI is InChI=1S/C13H18N4O2/c1-4-10-13(14)15-16-17(10)8-9-5-6-11(18-2)12(7-9)19-3/h5-7H,4,8,14H2,1-3H3. The molecule has 102 valence electrons. The molecule has 2 aromatic rings. The molecule has 1 aromatic carbocycles. The summed E-state index contributed by atoms with van der Waals surface area (Å²) in [4.78, 5) is 0. The Morgan fingerprint density at radius 3 is 2.58 bits per heavy atom. The molecule has 0 bridgehead atoms. The van der Waals surface area contributed by atoms with E-state index in [0.29, 0.717) is 23.9 Å². The van der Waals surface area contributed by atoms with Gasteiger partial charge in [-0.3, -0.25) is 0 Å². The fourth-order valence-corrected chi connectivity index (χ4v) is 1.99. The zero-order chi connectivity index (χ0) is 13.8. The molecule has 0 amide bonds. The Balaban J connectivity index is 2.28. The molecule has 0 radical (unpaired) electrons. The van der Waals surface area contributed by atoms with Gasteiger partial charge in [-0.05, 0) is 24.1 Å². The highest BCUT2D eigenvalue weighted by atomic mass is 16.5. The van der Waals surface area contributed by atoms with Crippen LogP contribution in [0.1, 0.15) is 18.2 Å². The Labute approximate surface area is 112 Å². The number of nitrogen functional groups attached to an aromatic ring is 1. The van der Waals surface area contributed by atoms with Crippen LogP contribution in [0.2, 0.25) is 0 Å². The number of hydrogen-bond donors (Lipinski definition) is 1. The number of hydrogen-bond acceptors (Lipinski definition) is 5. The summed E-state index contributed by atoms with van der Waals surface area (Å²) in [5.74, 6) is 1.90. The molecule has 0 spiro atoms. The first-order valence-corrected chi connectivity index (χ1v) is 6.08. The van der Waals surface area contributed by atoms with Gasteiger partial charge < -0.3 is 15.2 Å². The summed E-state index contributed by atoms with van der Waals surface area (Å²) >= 11 is 0. The first-order valence-electron chi connectivity index (χ1n) is 6.08. The van der Waals surface area contributed by atoms with Crippen LogP contribution in [-0.2, 0) is 13.0 Å². The van der Waals surface area contributed by atoms with Crippen molar-refractivity contribution in [2.24, 2.45) is 0 Å². The van der Waals surface area contributed by atoms with Crippen molar-refractivity contribution in [3.05, 3.63) is 29.5 Å². The number of aromatic nitrogens is 3. The topological polar surface area (TPSA) is 75.2 Å². The summed E-state index contributed by atoms with van der Waals surface area (Å²) < 4.78 is 12.3. The summed E-state index contributed by atoms with van der Waals surface area (Å²) in [6, 6.07) is 5.77. The minimum Gasteiger partial charge on any atom is -0.493 e. The van der Waals surface area contributed by atoms with Crippen molar-refractivity contribution >= 4 is 5.82 Å². The molecule has 1 aromatic heterocycles. The second-order valence-corrected chi connectivity index (χ2v) is 4.12. The van der Waals surface area contributed by atoms with Gasteiger partial charge in [0, 0.05) is 0 Å². The lowest BCUT2D eigenvalue weighted by Crippen LogP contribution is -2.07. The van der Waals surface area contributed by atoms with Gasteiger partial charge in [0.1, 0.15) is 0 Å². The smallest absolute Gasteiger partial charge is 0.169 e. The van der Waals surface area contributed by atoms with Gasteiger partial charge in [0.25, 0.3) is 0 Å². The molecular formula is C13H18N4O2. The minimum absolute atomic E-state index is 0.489. The van der Waals surface area contributed by atoms with E-state index in [1.165, 1.54) is 0 Å². The van der Waals surface area contributed by atoms with Crippen molar-refractivity contribution < 1.29 is 9.47 Å². The second-order valence-electron chi connectivity index (χ2n) is 4.12. The van der Waals surface area contributed by atoms with Gasteiger partial charge in [-0.1, -0.05) is 18.2 Å². The molecule has 1 heterocycles. The Morgan fingerprint density at radius 1 is 1.21 bits per heavy atom. The molecule has 0 saturated carbocycles. The molecule has 19 heavy (non-hydrogen) atoms. The van der Waals surface area contributed by atoms with Crippen LogP contribution in [0.3, 0.4) is 0 Å². The fraction of sp³-hybridized carbons (Fsp3) is 0.385. The number of methoxy groups -OCH3 is 2. The average Bonchev–Trinajstić information content (AvgIpc) is 2.78. The van der Waals surface area contributed by atoms with E-state index in [4.69, 9.17) is 15.2 Å². The van der Waals surface area contributed by atoms with Crippen LogP contribution in [0.5, 0.6) is 11.5 Å². The first-order chi connectivity index (χ1) is 9.19. The summed E-state index contributed by atoms with van der Waals surface area (Å²) in [6.07, 6.45) is 0.798. The van der Waals surface area contributed by atoms with Gasteiger partial charge in [-0.15, -0.1) is 5.10 Å². The quantitative estimate of drug-likeness (QED) is 0.883. The number of benzene rings is 1. The van der Waals surface area contributed by atoms with Gasteiger partial charge >= 0.3 is 0 Å². The molecule has 6 nitrogen and oxygen atoms in total. The number of rotatable bonds is 5. The zero-order valence-electron chi connectivity index (χ0n) is 11.4. The third-order valence-corrected chi connectivity index (χ3v) is 2.98. The molecule has 0 unspecified atom stereocenters. The predicted molar refractivity (Wildman–Crippen MR) is 72.5 cm³/mol. The number of ether oxygens (including phenoxy) is 2. The van der Waals surface area contributed by atoms with E-state index in [2.05, 4.69) is 10.3 Å². The van der Waals surface area contributed by atoms with Crippen LogP contribution in [-0.4, -0.2) is 29.2 Å². The third-order valence-electron chi connectivity index (χ3n) is 2.98. The summed E-state index contributed by atoms with van der Waals surface area (Å²) in [5.41, 5.74) is 7.76. The van der Waals surface area contributed by atoms with E-state index < -0.39 is 0 Å². The molecular weight excluding hydrogens is 244 g/mol. The number of nitrogens with zero attached hydrogens (tertiary/aromatic N) is 3. The maximum Gasteiger partial charge on any atom is 0.169 e. The van der Waals surface area contributed by atoms with Crippen LogP contribution in [0.15, 0.2) is 18.2 Å². The molecule has 0 saturated heterocycles. The lowest BCUT2D eigenvalue weighted by molar-refractivity contribution is 0.354. The molecule has 2 N–H and O–H groups in total. The predicted octanol–water partition coefficient (Wildman–Crippen LogP) is 1.49. The largest absolute Gasteiger partial charge is 0.493 e. The molecule has 0 aliphatic carbocycles. The number of anilines is 1. The molecule has 6 heteroatoms. The van der Waals surface area contributed by atoms with Crippen LogP contribution in [0.4, 0.5) is 5.82 Å². The van der Waals surface area contributed by atoms with Gasteiger partial charge in [-0.2, -0.15) is 0 Å². The van der Waals surface area contributed by atoms with Crippen molar-refractivity contribution in [2.75, 3.05) is 20.0 Å². The highest BCUT2D eigenvalue weighted by Crippen LogP contribution is 2.28. The van der Waals surface area contributed by atoms with Gasteiger partial charge in [0.15, 0.2) is 17.3 Å². The number of nitrogens with two attached hydrogens (primary N) is 1. The van der Waals surface area contributed by atoms with Gasteiger partial charge in [-0.25, -0.2) is 4.68 Å². The van der Waals surface area contributed by atoms with Crippen LogP contribution in [0, 0.1) is 0 Å². The van der Waals surface area contributed by atoms with Crippen molar-refractivity contribution in [2.45, 2.75) is 19.9 Å². The molecule has 0 aliphatic heterocycles. The second kappa shape index (κ2) is 5.60. The Morgan fingerprint density at radius 2 is 1.95 bits per heavy atom. The average molecular weight is 262 g/mol. The lowest BCUT2D eigenvalue weighted by atomic mass is 10.2. The van der Waals surface area contributed by atoms with E-state index in [1.54, 1.807) is 18.9 Å². The summed E-state index contributed by atoms with van der Waals surface area (Å²) in [6.45, 7) is 2.63. The van der Waals surface area contributed by atoms with Crippen LogP contribution in [0.25, 0.3) is 0 Å². The lowest BCUT2D eigenvalue weighted by Gasteiger charge is -2.10. The fourth-order valence-electron chi connectivity index (χ4n) is 1.99. The van der Waals surface area contributed by atoms with E-state index in [1.807, 2.05) is 25.1 Å². The molecule has 0 fully saturated rings. The third kappa shape index (κ3) is 2.62. The highest BCUT2D eigenvalue weighted by molar-refractivity contribution is 5.43. The Kier molecular flexibility index (Phi) is 3.89. The normalized spacial score (nSPS) is 10.5. The molecule has 0 atom stereocenters. The van der Waals surface area contributed by atoms with E-state index in [0.717, 1.165) is 17.7 Å². The minimum atomic E-state index is 0.489. The molecule has 0 aliphatic rings. The van der Waals surface area contributed by atoms with E-state index in [-0.39, 0.29) is 0 Å². The Hall–Kier alpha value is -2.24. The van der Waals surface area contributed by atoms with Gasteiger partial charge in [0.05, 0.1) is 26.5 Å². The van der Waals surface area contributed by atoms with E-state index in [9.17, 15) is 0 Å². The van der Waals surface area contributed by atoms with Crippen molar-refractivity contribution in [1.82, 2.24) is 15.0 Å². The SMILES string of the molecule is CCc1c(N)nnn1Cc1ccc(OC)c(OC)c1. The van der Waals surface area contributed by atoms with Crippen molar-refractivity contribution in [3.63, 3.8) is 0 Å².